The molecule has 0 amide bonds. The van der Waals surface area contributed by atoms with Gasteiger partial charge < -0.3 is 14.3 Å². The highest BCUT2D eigenvalue weighted by Gasteiger charge is 2.17. The number of aromatic nitrogens is 5. The van der Waals surface area contributed by atoms with Crippen LogP contribution in [-0.4, -0.2) is 37.0 Å². The Kier molecular flexibility index (Phi) is 3.98. The average Bonchev–Trinajstić information content (AvgIpc) is 3.09. The van der Waals surface area contributed by atoms with E-state index in [-0.39, 0.29) is 11.6 Å². The molecule has 0 atom stereocenters. The van der Waals surface area contributed by atoms with Gasteiger partial charge in [0.25, 0.3) is 5.56 Å². The first-order valence-corrected chi connectivity index (χ1v) is 9.65. The molecule has 1 aliphatic rings. The highest BCUT2D eigenvalue weighted by molar-refractivity contribution is 5.84. The number of pyridine rings is 2. The lowest BCUT2D eigenvalue weighted by molar-refractivity contribution is 0.362. The normalized spacial score (nSPS) is 15.5. The SMILES string of the molecule is Cc1cn2cc(-c3cc4ccn(C5CCNCC5)c(=O)c4cn3)nc(C)c2n1. The Labute approximate surface area is 162 Å². The predicted molar refractivity (Wildman–Crippen MR) is 109 cm³/mol. The van der Waals surface area contributed by atoms with Crippen LogP contribution in [0.15, 0.2) is 41.7 Å². The summed E-state index contributed by atoms with van der Waals surface area (Å²) >= 11 is 0. The number of piperidine rings is 1. The number of nitrogens with zero attached hydrogens (tertiary/aromatic N) is 5. The highest BCUT2D eigenvalue weighted by atomic mass is 16.1. The second kappa shape index (κ2) is 6.53. The van der Waals surface area contributed by atoms with Crippen molar-refractivity contribution < 1.29 is 0 Å². The minimum absolute atomic E-state index is 0.0354. The number of rotatable bonds is 2. The Balaban J connectivity index is 1.59. The third-order valence-corrected chi connectivity index (χ3v) is 5.51. The number of hydrogen-bond acceptors (Lipinski definition) is 5. The molecule has 1 N–H and O–H groups in total. The second-order valence-electron chi connectivity index (χ2n) is 7.49. The third-order valence-electron chi connectivity index (χ3n) is 5.51. The largest absolute Gasteiger partial charge is 0.317 e. The van der Waals surface area contributed by atoms with E-state index in [0.29, 0.717) is 5.39 Å². The zero-order valence-electron chi connectivity index (χ0n) is 16.0. The summed E-state index contributed by atoms with van der Waals surface area (Å²) in [4.78, 5) is 26.7. The van der Waals surface area contributed by atoms with Crippen molar-refractivity contribution in [1.29, 1.82) is 0 Å². The van der Waals surface area contributed by atoms with E-state index in [9.17, 15) is 4.79 Å². The van der Waals surface area contributed by atoms with E-state index in [1.807, 2.05) is 53.5 Å². The van der Waals surface area contributed by atoms with E-state index in [4.69, 9.17) is 0 Å². The van der Waals surface area contributed by atoms with Gasteiger partial charge in [-0.3, -0.25) is 9.78 Å². The summed E-state index contributed by atoms with van der Waals surface area (Å²) in [5, 5.41) is 4.89. The summed E-state index contributed by atoms with van der Waals surface area (Å²) in [7, 11) is 0. The summed E-state index contributed by atoms with van der Waals surface area (Å²) in [6.07, 6.45) is 9.48. The quantitative estimate of drug-likeness (QED) is 0.584. The molecule has 0 saturated carbocycles. The lowest BCUT2D eigenvalue weighted by Gasteiger charge is -2.24. The van der Waals surface area contributed by atoms with E-state index in [1.54, 1.807) is 6.20 Å². The molecule has 1 aliphatic heterocycles. The van der Waals surface area contributed by atoms with Crippen LogP contribution in [0.4, 0.5) is 0 Å². The van der Waals surface area contributed by atoms with Gasteiger partial charge in [-0.2, -0.15) is 0 Å². The molecule has 0 spiro atoms. The fourth-order valence-electron chi connectivity index (χ4n) is 4.06. The lowest BCUT2D eigenvalue weighted by atomic mass is 10.1. The van der Waals surface area contributed by atoms with Crippen molar-refractivity contribution in [3.05, 3.63) is 58.7 Å². The molecule has 1 fully saturated rings. The molecule has 0 aliphatic carbocycles. The molecule has 5 heterocycles. The fraction of sp³-hybridized carbons (Fsp3) is 0.333. The minimum Gasteiger partial charge on any atom is -0.317 e. The van der Waals surface area contributed by atoms with E-state index in [2.05, 4.69) is 20.3 Å². The maximum absolute atomic E-state index is 13.0. The van der Waals surface area contributed by atoms with Crippen LogP contribution in [0.3, 0.4) is 0 Å². The molecule has 28 heavy (non-hydrogen) atoms. The van der Waals surface area contributed by atoms with Crippen molar-refractivity contribution >= 4 is 16.4 Å². The first-order valence-electron chi connectivity index (χ1n) is 9.65. The molecule has 5 rings (SSSR count). The van der Waals surface area contributed by atoms with Gasteiger partial charge in [0, 0.05) is 30.8 Å². The molecule has 0 unspecified atom stereocenters. The van der Waals surface area contributed by atoms with Crippen LogP contribution in [0.25, 0.3) is 27.8 Å². The number of aryl methyl sites for hydroxylation is 2. The highest BCUT2D eigenvalue weighted by Crippen LogP contribution is 2.22. The van der Waals surface area contributed by atoms with Crippen molar-refractivity contribution in [2.45, 2.75) is 32.7 Å². The Hall–Kier alpha value is -3.06. The molecule has 7 nitrogen and oxygen atoms in total. The number of nitrogens with one attached hydrogen (secondary N) is 1. The van der Waals surface area contributed by atoms with Crippen molar-refractivity contribution in [2.24, 2.45) is 0 Å². The monoisotopic (exact) mass is 374 g/mol. The lowest BCUT2D eigenvalue weighted by Crippen LogP contribution is -2.34. The molecule has 1 saturated heterocycles. The van der Waals surface area contributed by atoms with E-state index < -0.39 is 0 Å². The number of hydrogen-bond donors (Lipinski definition) is 1. The molecule has 4 aromatic heterocycles. The molecule has 4 aromatic rings. The summed E-state index contributed by atoms with van der Waals surface area (Å²) in [6, 6.07) is 4.21. The first kappa shape index (κ1) is 17.1. The average molecular weight is 374 g/mol. The molecule has 0 radical (unpaired) electrons. The fourth-order valence-corrected chi connectivity index (χ4v) is 4.06. The molecule has 142 valence electrons. The van der Waals surface area contributed by atoms with Crippen LogP contribution in [0.2, 0.25) is 0 Å². The zero-order valence-corrected chi connectivity index (χ0v) is 16.0. The molecule has 0 bridgehead atoms. The van der Waals surface area contributed by atoms with Gasteiger partial charge in [0.1, 0.15) is 5.69 Å². The van der Waals surface area contributed by atoms with Crippen LogP contribution < -0.4 is 10.9 Å². The third kappa shape index (κ3) is 2.79. The summed E-state index contributed by atoms with van der Waals surface area (Å²) in [5.74, 6) is 0. The Morgan fingerprint density at radius 3 is 2.75 bits per heavy atom. The van der Waals surface area contributed by atoms with Crippen LogP contribution in [0.1, 0.15) is 30.3 Å². The van der Waals surface area contributed by atoms with Crippen molar-refractivity contribution in [2.75, 3.05) is 13.1 Å². The van der Waals surface area contributed by atoms with E-state index in [0.717, 1.165) is 59.7 Å². The van der Waals surface area contributed by atoms with Gasteiger partial charge in [-0.25, -0.2) is 9.97 Å². The molecular weight excluding hydrogens is 352 g/mol. The van der Waals surface area contributed by atoms with Crippen LogP contribution in [-0.2, 0) is 0 Å². The van der Waals surface area contributed by atoms with E-state index in [1.165, 1.54) is 0 Å². The van der Waals surface area contributed by atoms with Crippen molar-refractivity contribution in [1.82, 2.24) is 29.2 Å². The maximum Gasteiger partial charge on any atom is 0.260 e. The standard InChI is InChI=1S/C21H22N6O/c1-13-11-26-12-19(25-14(2)20(26)24-13)18-9-15-5-8-27(16-3-6-22-7-4-16)21(28)17(15)10-23-18/h5,8-12,16,22H,3-4,6-7H2,1-2H3. The maximum atomic E-state index is 13.0. The van der Waals surface area contributed by atoms with Crippen molar-refractivity contribution in [3.63, 3.8) is 0 Å². The van der Waals surface area contributed by atoms with Gasteiger partial charge >= 0.3 is 0 Å². The van der Waals surface area contributed by atoms with Crippen LogP contribution >= 0.6 is 0 Å². The van der Waals surface area contributed by atoms with Gasteiger partial charge in [-0.05, 0) is 57.3 Å². The smallest absolute Gasteiger partial charge is 0.260 e. The Bertz CT molecular complexity index is 1250. The van der Waals surface area contributed by atoms with Crippen LogP contribution in [0.5, 0.6) is 0 Å². The molecular formula is C21H22N6O. The summed E-state index contributed by atoms with van der Waals surface area (Å²) < 4.78 is 3.85. The van der Waals surface area contributed by atoms with Gasteiger partial charge in [-0.15, -0.1) is 0 Å². The van der Waals surface area contributed by atoms with Crippen LogP contribution in [0, 0.1) is 13.8 Å². The summed E-state index contributed by atoms with van der Waals surface area (Å²) in [5.41, 5.74) is 4.22. The number of imidazole rings is 1. The van der Waals surface area contributed by atoms with Gasteiger partial charge in [0.2, 0.25) is 0 Å². The first-order chi connectivity index (χ1) is 13.6. The Morgan fingerprint density at radius 1 is 1.11 bits per heavy atom. The van der Waals surface area contributed by atoms with Gasteiger partial charge in [-0.1, -0.05) is 0 Å². The summed E-state index contributed by atoms with van der Waals surface area (Å²) in [6.45, 7) is 5.82. The van der Waals surface area contributed by atoms with E-state index >= 15 is 0 Å². The predicted octanol–water partition coefficient (Wildman–Crippen LogP) is 2.65. The van der Waals surface area contributed by atoms with Gasteiger partial charge in [0.05, 0.1) is 22.5 Å². The second-order valence-corrected chi connectivity index (χ2v) is 7.49. The molecule has 0 aromatic carbocycles. The van der Waals surface area contributed by atoms with Gasteiger partial charge in [0.15, 0.2) is 5.65 Å². The Morgan fingerprint density at radius 2 is 1.93 bits per heavy atom. The molecule has 7 heteroatoms. The van der Waals surface area contributed by atoms with Crippen molar-refractivity contribution in [3.8, 4) is 11.4 Å². The number of fused-ring (bicyclic) bond motifs is 2. The minimum atomic E-state index is 0.0354. The topological polar surface area (TPSA) is 77.1 Å². The zero-order chi connectivity index (χ0) is 19.3.